The van der Waals surface area contributed by atoms with Crippen molar-refractivity contribution in [1.82, 2.24) is 14.7 Å². The minimum absolute atomic E-state index is 0.0879. The van der Waals surface area contributed by atoms with Crippen LogP contribution in [-0.4, -0.2) is 18.4 Å². The highest BCUT2D eigenvalue weighted by atomic mass is 32.2. The van der Waals surface area contributed by atoms with Crippen LogP contribution in [0.4, 0.5) is 5.69 Å². The summed E-state index contributed by atoms with van der Waals surface area (Å²) in [6.07, 6.45) is 1.39. The molecule has 0 fully saturated rings. The molecule has 2 heterocycles. The number of aryl methyl sites for hydroxylation is 1. The quantitative estimate of drug-likeness (QED) is 0.548. The third-order valence-electron chi connectivity index (χ3n) is 2.57. The molecule has 2 aromatic rings. The first-order chi connectivity index (χ1) is 9.53. The van der Waals surface area contributed by atoms with Crippen molar-refractivity contribution < 1.29 is 8.42 Å². The zero-order chi connectivity index (χ0) is 14.6. The normalized spacial score (nSPS) is 11.3. The Labute approximate surface area is 117 Å². The van der Waals surface area contributed by atoms with Gasteiger partial charge < -0.3 is 5.43 Å². The molecule has 0 atom stereocenters. The van der Waals surface area contributed by atoms with Gasteiger partial charge in [0.2, 0.25) is 0 Å². The number of hydrogen-bond donors (Lipinski definition) is 3. The molecule has 0 saturated heterocycles. The third kappa shape index (κ3) is 3.29. The lowest BCUT2D eigenvalue weighted by atomic mass is 10.3. The summed E-state index contributed by atoms with van der Waals surface area (Å²) in [7, 11) is -3.76. The second-order valence-corrected chi connectivity index (χ2v) is 5.78. The van der Waals surface area contributed by atoms with Gasteiger partial charge in [0.15, 0.2) is 5.03 Å². The van der Waals surface area contributed by atoms with Gasteiger partial charge in [-0.05, 0) is 31.2 Å². The summed E-state index contributed by atoms with van der Waals surface area (Å²) in [4.78, 5) is 8.06. The standard InChI is InChI=1S/C12H15N5O2S/c1-9-4-2-5-10(16-9)8-15-20(18,19)12-11(17-13)6-3-7-14-12/h2-7,15,17H,8,13H2,1H3. The lowest BCUT2D eigenvalue weighted by molar-refractivity contribution is 0.577. The van der Waals surface area contributed by atoms with Crippen molar-refractivity contribution in [2.75, 3.05) is 5.43 Å². The predicted molar refractivity (Wildman–Crippen MR) is 75.0 cm³/mol. The van der Waals surface area contributed by atoms with Crippen molar-refractivity contribution >= 4 is 15.7 Å². The molecular formula is C12H15N5O2S. The molecule has 0 aromatic carbocycles. The average Bonchev–Trinajstić information content (AvgIpc) is 2.45. The molecule has 7 nitrogen and oxygen atoms in total. The molecule has 0 bridgehead atoms. The van der Waals surface area contributed by atoms with E-state index in [9.17, 15) is 8.42 Å². The number of nitrogens with two attached hydrogens (primary N) is 1. The molecule has 0 aliphatic rings. The number of nitrogen functional groups attached to an aromatic ring is 1. The molecular weight excluding hydrogens is 278 g/mol. The van der Waals surface area contributed by atoms with Crippen LogP contribution in [-0.2, 0) is 16.6 Å². The van der Waals surface area contributed by atoms with Crippen LogP contribution in [0.1, 0.15) is 11.4 Å². The monoisotopic (exact) mass is 293 g/mol. The van der Waals surface area contributed by atoms with Gasteiger partial charge in [0, 0.05) is 11.9 Å². The van der Waals surface area contributed by atoms with Crippen LogP contribution in [0.5, 0.6) is 0 Å². The van der Waals surface area contributed by atoms with Crippen molar-refractivity contribution in [3.05, 3.63) is 47.9 Å². The summed E-state index contributed by atoms with van der Waals surface area (Å²) in [6.45, 7) is 1.93. The highest BCUT2D eigenvalue weighted by Gasteiger charge is 2.19. The van der Waals surface area contributed by atoms with E-state index in [4.69, 9.17) is 5.84 Å². The summed E-state index contributed by atoms with van der Waals surface area (Å²) < 4.78 is 26.8. The molecule has 8 heteroatoms. The van der Waals surface area contributed by atoms with Crippen LogP contribution in [0.2, 0.25) is 0 Å². The number of pyridine rings is 2. The number of aromatic nitrogens is 2. The van der Waals surface area contributed by atoms with E-state index in [-0.39, 0.29) is 17.3 Å². The van der Waals surface area contributed by atoms with Gasteiger partial charge in [-0.3, -0.25) is 10.8 Å². The Bertz CT molecular complexity index is 702. The van der Waals surface area contributed by atoms with E-state index in [0.29, 0.717) is 5.69 Å². The Hall–Kier alpha value is -2.03. The SMILES string of the molecule is Cc1cccc(CNS(=O)(=O)c2ncccc2NN)n1. The summed E-state index contributed by atoms with van der Waals surface area (Å²) in [5, 5.41) is -0.143. The van der Waals surface area contributed by atoms with E-state index >= 15 is 0 Å². The average molecular weight is 293 g/mol. The molecule has 0 spiro atoms. The third-order valence-corrected chi connectivity index (χ3v) is 3.93. The number of anilines is 1. The molecule has 0 aliphatic heterocycles. The molecule has 106 valence electrons. The van der Waals surface area contributed by atoms with Gasteiger partial charge in [0.05, 0.1) is 17.9 Å². The van der Waals surface area contributed by atoms with Crippen LogP contribution >= 0.6 is 0 Å². The summed E-state index contributed by atoms with van der Waals surface area (Å²) in [6, 6.07) is 8.53. The number of hydrogen-bond acceptors (Lipinski definition) is 6. The lowest BCUT2D eigenvalue weighted by Crippen LogP contribution is -2.26. The maximum atomic E-state index is 12.2. The Morgan fingerprint density at radius 2 is 2.05 bits per heavy atom. The molecule has 0 amide bonds. The zero-order valence-corrected chi connectivity index (χ0v) is 11.7. The molecule has 0 aliphatic carbocycles. The Morgan fingerprint density at radius 1 is 1.25 bits per heavy atom. The Morgan fingerprint density at radius 3 is 2.75 bits per heavy atom. The first kappa shape index (κ1) is 14.4. The van der Waals surface area contributed by atoms with Crippen molar-refractivity contribution in [3.8, 4) is 0 Å². The molecule has 20 heavy (non-hydrogen) atoms. The molecule has 2 aromatic heterocycles. The van der Waals surface area contributed by atoms with Crippen LogP contribution in [0.15, 0.2) is 41.6 Å². The van der Waals surface area contributed by atoms with Gasteiger partial charge in [-0.25, -0.2) is 18.1 Å². The van der Waals surface area contributed by atoms with E-state index in [2.05, 4.69) is 20.1 Å². The fourth-order valence-electron chi connectivity index (χ4n) is 1.65. The minimum atomic E-state index is -3.76. The van der Waals surface area contributed by atoms with Gasteiger partial charge in [0.1, 0.15) is 0 Å². The number of rotatable bonds is 5. The molecule has 2 rings (SSSR count). The molecule has 4 N–H and O–H groups in total. The Kier molecular flexibility index (Phi) is 4.28. The lowest BCUT2D eigenvalue weighted by Gasteiger charge is -2.09. The largest absolute Gasteiger partial charge is 0.321 e. The summed E-state index contributed by atoms with van der Waals surface area (Å²) in [5.74, 6) is 5.28. The number of nitrogens with zero attached hydrogens (tertiary/aromatic N) is 2. The fraction of sp³-hybridized carbons (Fsp3) is 0.167. The maximum Gasteiger partial charge on any atom is 0.260 e. The zero-order valence-electron chi connectivity index (χ0n) is 10.9. The minimum Gasteiger partial charge on any atom is -0.321 e. The van der Waals surface area contributed by atoms with Crippen molar-refractivity contribution in [1.29, 1.82) is 0 Å². The maximum absolute atomic E-state index is 12.2. The first-order valence-corrected chi connectivity index (χ1v) is 7.35. The van der Waals surface area contributed by atoms with E-state index in [1.165, 1.54) is 12.3 Å². The predicted octanol–water partition coefficient (Wildman–Crippen LogP) is 0.549. The van der Waals surface area contributed by atoms with Crippen molar-refractivity contribution in [2.45, 2.75) is 18.5 Å². The topological polar surface area (TPSA) is 110 Å². The van der Waals surface area contributed by atoms with Crippen molar-refractivity contribution in [2.24, 2.45) is 5.84 Å². The van der Waals surface area contributed by atoms with Crippen LogP contribution < -0.4 is 16.0 Å². The van der Waals surface area contributed by atoms with Crippen molar-refractivity contribution in [3.63, 3.8) is 0 Å². The van der Waals surface area contributed by atoms with Crippen LogP contribution in [0.3, 0.4) is 0 Å². The fourth-order valence-corrected chi connectivity index (χ4v) is 2.74. The second kappa shape index (κ2) is 5.95. The van der Waals surface area contributed by atoms with Gasteiger partial charge in [-0.15, -0.1) is 0 Å². The highest BCUT2D eigenvalue weighted by molar-refractivity contribution is 7.89. The van der Waals surface area contributed by atoms with Crippen LogP contribution in [0.25, 0.3) is 0 Å². The van der Waals surface area contributed by atoms with E-state index < -0.39 is 10.0 Å². The van der Waals surface area contributed by atoms with Gasteiger partial charge >= 0.3 is 0 Å². The Balaban J connectivity index is 2.19. The summed E-state index contributed by atoms with van der Waals surface area (Å²) in [5.41, 5.74) is 4.00. The van der Waals surface area contributed by atoms with E-state index in [0.717, 1.165) is 5.69 Å². The molecule has 0 unspecified atom stereocenters. The number of sulfonamides is 1. The molecule has 0 saturated carbocycles. The molecule has 0 radical (unpaired) electrons. The smallest absolute Gasteiger partial charge is 0.260 e. The number of hydrazine groups is 1. The van der Waals surface area contributed by atoms with E-state index in [1.807, 2.05) is 19.1 Å². The number of nitrogens with one attached hydrogen (secondary N) is 2. The van der Waals surface area contributed by atoms with Gasteiger partial charge in [0.25, 0.3) is 10.0 Å². The van der Waals surface area contributed by atoms with Gasteiger partial charge in [-0.1, -0.05) is 6.07 Å². The van der Waals surface area contributed by atoms with Crippen LogP contribution in [0, 0.1) is 6.92 Å². The van der Waals surface area contributed by atoms with E-state index in [1.54, 1.807) is 12.1 Å². The summed E-state index contributed by atoms with van der Waals surface area (Å²) >= 11 is 0. The second-order valence-electron chi connectivity index (χ2n) is 4.10. The first-order valence-electron chi connectivity index (χ1n) is 5.87. The highest BCUT2D eigenvalue weighted by Crippen LogP contribution is 2.16. The van der Waals surface area contributed by atoms with Gasteiger partial charge in [-0.2, -0.15) is 0 Å².